The normalized spacial score (nSPS) is 20.8. The lowest BCUT2D eigenvalue weighted by molar-refractivity contribution is 0.904. The van der Waals surface area contributed by atoms with E-state index in [0.717, 1.165) is 12.8 Å². The van der Waals surface area contributed by atoms with Gasteiger partial charge in [0.2, 0.25) is 0 Å². The molecule has 1 aromatic rings. The third-order valence-corrected chi connectivity index (χ3v) is 3.02. The van der Waals surface area contributed by atoms with Crippen LogP contribution in [0.4, 0.5) is 0 Å². The third kappa shape index (κ3) is 2.51. The van der Waals surface area contributed by atoms with E-state index in [4.69, 9.17) is 11.6 Å². The number of hydrogen-bond acceptors (Lipinski definition) is 0. The molecule has 0 amide bonds. The van der Waals surface area contributed by atoms with Crippen molar-refractivity contribution >= 4 is 17.2 Å². The predicted molar refractivity (Wildman–Crippen MR) is 67.1 cm³/mol. The van der Waals surface area contributed by atoms with Gasteiger partial charge in [-0.1, -0.05) is 55.0 Å². The summed E-state index contributed by atoms with van der Waals surface area (Å²) in [5, 5.41) is 0.153. The van der Waals surface area contributed by atoms with Gasteiger partial charge in [-0.15, -0.1) is 11.6 Å². The van der Waals surface area contributed by atoms with Gasteiger partial charge in [0, 0.05) is 0 Å². The van der Waals surface area contributed by atoms with Crippen LogP contribution >= 0.6 is 11.6 Å². The topological polar surface area (TPSA) is 0 Å². The lowest BCUT2D eigenvalue weighted by Crippen LogP contribution is -2.03. The molecule has 15 heavy (non-hydrogen) atoms. The van der Waals surface area contributed by atoms with Crippen molar-refractivity contribution in [1.29, 1.82) is 0 Å². The van der Waals surface area contributed by atoms with Gasteiger partial charge in [0.25, 0.3) is 0 Å². The Kier molecular flexibility index (Phi) is 3.27. The average molecular weight is 219 g/mol. The van der Waals surface area contributed by atoms with E-state index in [-0.39, 0.29) is 5.38 Å². The lowest BCUT2D eigenvalue weighted by Gasteiger charge is -2.16. The molecule has 0 N–H and O–H groups in total. The zero-order chi connectivity index (χ0) is 10.7. The molecule has 1 unspecified atom stereocenters. The maximum Gasteiger partial charge on any atom is 0.0562 e. The maximum absolute atomic E-state index is 6.22. The molecule has 0 saturated carbocycles. The summed E-state index contributed by atoms with van der Waals surface area (Å²) < 4.78 is 0. The number of halogens is 1. The molecular formula is C14H15Cl. The number of alkyl halides is 1. The number of benzene rings is 1. The van der Waals surface area contributed by atoms with Gasteiger partial charge in [0.05, 0.1) is 5.38 Å². The molecule has 0 aliphatic heterocycles. The van der Waals surface area contributed by atoms with E-state index in [2.05, 4.69) is 43.3 Å². The van der Waals surface area contributed by atoms with E-state index in [9.17, 15) is 0 Å². The first-order chi connectivity index (χ1) is 7.29. The highest BCUT2D eigenvalue weighted by Crippen LogP contribution is 2.29. The molecule has 0 fully saturated rings. The van der Waals surface area contributed by atoms with E-state index in [1.54, 1.807) is 0 Å². The van der Waals surface area contributed by atoms with E-state index in [1.165, 1.54) is 16.7 Å². The zero-order valence-corrected chi connectivity index (χ0v) is 9.67. The average Bonchev–Trinajstić information content (AvgIpc) is 2.29. The van der Waals surface area contributed by atoms with Crippen molar-refractivity contribution in [3.8, 4) is 0 Å². The van der Waals surface area contributed by atoms with Crippen LogP contribution in [0.3, 0.4) is 0 Å². The third-order valence-electron chi connectivity index (χ3n) is 2.74. The second-order valence-electron chi connectivity index (χ2n) is 3.86. The lowest BCUT2D eigenvalue weighted by atomic mass is 9.93. The standard InChI is InChI=1S/C14H15Cl/c1-2-11-8-13(10-14(15)9-11)12-6-4-3-5-7-12/h3-8,10,14H,2,9H2,1H3. The molecule has 0 bridgehead atoms. The first-order valence-electron chi connectivity index (χ1n) is 5.40. The van der Waals surface area contributed by atoms with Crippen LogP contribution in [-0.4, -0.2) is 5.38 Å². The van der Waals surface area contributed by atoms with Gasteiger partial charge in [0.1, 0.15) is 0 Å². The first kappa shape index (κ1) is 10.5. The van der Waals surface area contributed by atoms with Crippen LogP contribution in [0.1, 0.15) is 25.3 Å². The van der Waals surface area contributed by atoms with Gasteiger partial charge in [-0.25, -0.2) is 0 Å². The number of rotatable bonds is 2. The number of allylic oxidation sites excluding steroid dienone is 4. The fraction of sp³-hybridized carbons (Fsp3) is 0.286. The summed E-state index contributed by atoms with van der Waals surface area (Å²) in [6, 6.07) is 10.4. The van der Waals surface area contributed by atoms with Crippen LogP contribution in [-0.2, 0) is 0 Å². The number of hydrogen-bond donors (Lipinski definition) is 0. The smallest absolute Gasteiger partial charge is 0.0562 e. The Morgan fingerprint density at radius 3 is 2.67 bits per heavy atom. The molecule has 78 valence electrons. The van der Waals surface area contributed by atoms with Crippen molar-refractivity contribution in [3.05, 3.63) is 53.6 Å². The minimum atomic E-state index is 0.153. The predicted octanol–water partition coefficient (Wildman–Crippen LogP) is 4.42. The van der Waals surface area contributed by atoms with Crippen LogP contribution < -0.4 is 0 Å². The summed E-state index contributed by atoms with van der Waals surface area (Å²) in [6.07, 6.45) is 6.51. The summed E-state index contributed by atoms with van der Waals surface area (Å²) >= 11 is 6.22. The maximum atomic E-state index is 6.22. The highest BCUT2D eigenvalue weighted by Gasteiger charge is 2.12. The molecular weight excluding hydrogens is 204 g/mol. The van der Waals surface area contributed by atoms with E-state index in [0.29, 0.717) is 0 Å². The largest absolute Gasteiger partial charge is 0.118 e. The molecule has 2 rings (SSSR count). The second-order valence-corrected chi connectivity index (χ2v) is 4.42. The Labute approximate surface area is 96.3 Å². The van der Waals surface area contributed by atoms with Crippen molar-refractivity contribution in [2.75, 3.05) is 0 Å². The fourth-order valence-electron chi connectivity index (χ4n) is 1.89. The van der Waals surface area contributed by atoms with Crippen molar-refractivity contribution in [2.45, 2.75) is 25.1 Å². The molecule has 1 aliphatic rings. The molecule has 1 aromatic carbocycles. The Morgan fingerprint density at radius 2 is 2.00 bits per heavy atom. The second kappa shape index (κ2) is 4.67. The molecule has 1 aliphatic carbocycles. The Bertz CT molecular complexity index is 387. The van der Waals surface area contributed by atoms with Crippen LogP contribution in [0, 0.1) is 0 Å². The van der Waals surface area contributed by atoms with Gasteiger partial charge in [-0.3, -0.25) is 0 Å². The summed E-state index contributed by atoms with van der Waals surface area (Å²) in [5.41, 5.74) is 3.96. The van der Waals surface area contributed by atoms with E-state index in [1.807, 2.05) is 6.07 Å². The summed E-state index contributed by atoms with van der Waals surface area (Å²) in [4.78, 5) is 0. The summed E-state index contributed by atoms with van der Waals surface area (Å²) in [6.45, 7) is 2.18. The highest BCUT2D eigenvalue weighted by atomic mass is 35.5. The molecule has 0 aromatic heterocycles. The molecule has 1 atom stereocenters. The SMILES string of the molecule is CCC1=CC(c2ccccc2)=CC(Cl)C1. The summed E-state index contributed by atoms with van der Waals surface area (Å²) in [7, 11) is 0. The van der Waals surface area contributed by atoms with Crippen LogP contribution in [0.5, 0.6) is 0 Å². The minimum Gasteiger partial charge on any atom is -0.118 e. The van der Waals surface area contributed by atoms with Crippen molar-refractivity contribution < 1.29 is 0 Å². The quantitative estimate of drug-likeness (QED) is 0.645. The van der Waals surface area contributed by atoms with Gasteiger partial charge in [-0.05, 0) is 24.0 Å². The monoisotopic (exact) mass is 218 g/mol. The Hall–Kier alpha value is -1.01. The molecule has 0 spiro atoms. The minimum absolute atomic E-state index is 0.153. The fourth-order valence-corrected chi connectivity index (χ4v) is 2.22. The van der Waals surface area contributed by atoms with Gasteiger partial charge >= 0.3 is 0 Å². The van der Waals surface area contributed by atoms with Crippen molar-refractivity contribution in [2.24, 2.45) is 0 Å². The first-order valence-corrected chi connectivity index (χ1v) is 5.84. The van der Waals surface area contributed by atoms with E-state index < -0.39 is 0 Å². The van der Waals surface area contributed by atoms with Crippen molar-refractivity contribution in [3.63, 3.8) is 0 Å². The van der Waals surface area contributed by atoms with Crippen molar-refractivity contribution in [1.82, 2.24) is 0 Å². The van der Waals surface area contributed by atoms with Crippen LogP contribution in [0.15, 0.2) is 48.1 Å². The van der Waals surface area contributed by atoms with Gasteiger partial charge < -0.3 is 0 Å². The molecule has 0 heterocycles. The van der Waals surface area contributed by atoms with Gasteiger partial charge in [0.15, 0.2) is 0 Å². The Balaban J connectivity index is 2.33. The molecule has 0 radical (unpaired) electrons. The Morgan fingerprint density at radius 1 is 1.27 bits per heavy atom. The molecule has 0 nitrogen and oxygen atoms in total. The molecule has 1 heteroatoms. The van der Waals surface area contributed by atoms with Crippen LogP contribution in [0.25, 0.3) is 5.57 Å². The van der Waals surface area contributed by atoms with E-state index >= 15 is 0 Å². The van der Waals surface area contributed by atoms with Gasteiger partial charge in [-0.2, -0.15) is 0 Å². The summed E-state index contributed by atoms with van der Waals surface area (Å²) in [5.74, 6) is 0. The zero-order valence-electron chi connectivity index (χ0n) is 8.91. The van der Waals surface area contributed by atoms with Crippen LogP contribution in [0.2, 0.25) is 0 Å². The highest BCUT2D eigenvalue weighted by molar-refractivity contribution is 6.22. The molecule has 0 saturated heterocycles.